The summed E-state index contributed by atoms with van der Waals surface area (Å²) < 4.78 is 0. The zero-order valence-electron chi connectivity index (χ0n) is 14.6. The minimum Gasteiger partial charge on any atom is -0.339 e. The first-order valence-electron chi connectivity index (χ1n) is 8.32. The van der Waals surface area contributed by atoms with Crippen molar-refractivity contribution >= 4 is 23.4 Å². The fraction of sp³-hybridized carbons (Fsp3) is 0.500. The van der Waals surface area contributed by atoms with Gasteiger partial charge in [-0.3, -0.25) is 14.4 Å². The lowest BCUT2D eigenvalue weighted by atomic mass is 10.1. The number of hydrogen-bond acceptors (Lipinski definition) is 3. The van der Waals surface area contributed by atoms with Crippen molar-refractivity contribution in [1.29, 1.82) is 0 Å². The van der Waals surface area contributed by atoms with Crippen LogP contribution in [0.25, 0.3) is 0 Å². The molecule has 1 aliphatic heterocycles. The lowest BCUT2D eigenvalue weighted by molar-refractivity contribution is -0.137. The monoisotopic (exact) mass is 331 g/mol. The van der Waals surface area contributed by atoms with E-state index in [0.717, 1.165) is 12.1 Å². The summed E-state index contributed by atoms with van der Waals surface area (Å²) in [5, 5.41) is 0. The molecular weight excluding hydrogens is 306 g/mol. The summed E-state index contributed by atoms with van der Waals surface area (Å²) in [5.41, 5.74) is 1.92. The van der Waals surface area contributed by atoms with Gasteiger partial charge in [-0.25, -0.2) is 0 Å². The molecule has 1 fully saturated rings. The highest BCUT2D eigenvalue weighted by Gasteiger charge is 2.25. The van der Waals surface area contributed by atoms with E-state index in [1.165, 1.54) is 24.3 Å². The van der Waals surface area contributed by atoms with Gasteiger partial charge in [0.05, 0.1) is 0 Å². The molecule has 1 aromatic rings. The Morgan fingerprint density at radius 3 is 1.96 bits per heavy atom. The Balaban J connectivity index is 2.01. The fourth-order valence-corrected chi connectivity index (χ4v) is 2.80. The molecule has 1 aliphatic rings. The molecule has 0 N–H and O–H groups in total. The minimum absolute atomic E-state index is 0.0286. The van der Waals surface area contributed by atoms with E-state index in [-0.39, 0.29) is 24.3 Å². The molecule has 0 spiro atoms. The molecule has 24 heavy (non-hydrogen) atoms. The Morgan fingerprint density at radius 1 is 0.958 bits per heavy atom. The van der Waals surface area contributed by atoms with Crippen LogP contribution in [0.15, 0.2) is 24.3 Å². The van der Waals surface area contributed by atoms with Crippen molar-refractivity contribution in [3.63, 3.8) is 0 Å². The highest BCUT2D eigenvalue weighted by Crippen LogP contribution is 2.16. The predicted octanol–water partition coefficient (Wildman–Crippen LogP) is 1.29. The maximum absolute atomic E-state index is 12.5. The first-order chi connectivity index (χ1) is 11.4. The lowest BCUT2D eigenvalue weighted by Crippen LogP contribution is -2.52. The summed E-state index contributed by atoms with van der Waals surface area (Å²) in [6.07, 6.45) is 0.930. The summed E-state index contributed by atoms with van der Waals surface area (Å²) in [6, 6.07) is 7.70. The molecule has 2 rings (SSSR count). The average molecular weight is 331 g/mol. The second-order valence-corrected chi connectivity index (χ2v) is 6.01. The number of rotatable bonds is 4. The summed E-state index contributed by atoms with van der Waals surface area (Å²) >= 11 is 0. The largest absolute Gasteiger partial charge is 0.339 e. The van der Waals surface area contributed by atoms with Gasteiger partial charge in [-0.1, -0.05) is 19.1 Å². The molecular formula is C18H25N3O3. The van der Waals surface area contributed by atoms with Gasteiger partial charge >= 0.3 is 0 Å². The average Bonchev–Trinajstić information content (AvgIpc) is 2.59. The molecule has 0 atom stereocenters. The van der Waals surface area contributed by atoms with E-state index in [1.807, 2.05) is 24.3 Å². The summed E-state index contributed by atoms with van der Waals surface area (Å²) in [6.45, 7) is 7.23. The second-order valence-electron chi connectivity index (χ2n) is 6.01. The van der Waals surface area contributed by atoms with Crippen molar-refractivity contribution in [1.82, 2.24) is 9.80 Å². The van der Waals surface area contributed by atoms with Crippen molar-refractivity contribution < 1.29 is 14.4 Å². The van der Waals surface area contributed by atoms with E-state index in [9.17, 15) is 14.4 Å². The van der Waals surface area contributed by atoms with Crippen LogP contribution < -0.4 is 4.90 Å². The number of amides is 3. The Kier molecular flexibility index (Phi) is 5.95. The van der Waals surface area contributed by atoms with Crippen molar-refractivity contribution in [3.05, 3.63) is 29.8 Å². The lowest BCUT2D eigenvalue weighted by Gasteiger charge is -2.35. The molecule has 6 nitrogen and oxygen atoms in total. The summed E-state index contributed by atoms with van der Waals surface area (Å²) in [5.74, 6) is -0.216. The van der Waals surface area contributed by atoms with Gasteiger partial charge in [0.1, 0.15) is 6.54 Å². The molecule has 0 bridgehead atoms. The SMILES string of the molecule is CCc1ccc(N(CC(=O)N2CCN(C(C)=O)CC2)C(C)=O)cc1. The number of carbonyl (C=O) groups excluding carboxylic acids is 3. The van der Waals surface area contributed by atoms with Crippen LogP contribution in [0.2, 0.25) is 0 Å². The molecule has 3 amide bonds. The van der Waals surface area contributed by atoms with E-state index in [1.54, 1.807) is 9.80 Å². The molecule has 1 aromatic carbocycles. The number of piperazine rings is 1. The van der Waals surface area contributed by atoms with Crippen molar-refractivity contribution in [2.24, 2.45) is 0 Å². The number of aryl methyl sites for hydroxylation is 1. The third-order valence-corrected chi connectivity index (χ3v) is 4.41. The molecule has 1 heterocycles. The van der Waals surface area contributed by atoms with E-state index in [2.05, 4.69) is 6.92 Å². The van der Waals surface area contributed by atoms with Crippen molar-refractivity contribution in [2.75, 3.05) is 37.6 Å². The van der Waals surface area contributed by atoms with Crippen LogP contribution in [-0.2, 0) is 20.8 Å². The molecule has 0 saturated carbocycles. The topological polar surface area (TPSA) is 60.9 Å². The van der Waals surface area contributed by atoms with Crippen molar-refractivity contribution in [2.45, 2.75) is 27.2 Å². The van der Waals surface area contributed by atoms with E-state index >= 15 is 0 Å². The molecule has 1 saturated heterocycles. The maximum Gasteiger partial charge on any atom is 0.242 e. The Morgan fingerprint density at radius 2 is 1.50 bits per heavy atom. The van der Waals surface area contributed by atoms with E-state index in [0.29, 0.717) is 26.2 Å². The highest BCUT2D eigenvalue weighted by molar-refractivity contribution is 5.97. The number of nitrogens with zero attached hydrogens (tertiary/aromatic N) is 3. The van der Waals surface area contributed by atoms with Crippen LogP contribution in [0.4, 0.5) is 5.69 Å². The fourth-order valence-electron chi connectivity index (χ4n) is 2.80. The molecule has 130 valence electrons. The number of carbonyl (C=O) groups is 3. The molecule has 6 heteroatoms. The van der Waals surface area contributed by atoms with Gasteiger partial charge in [0.2, 0.25) is 17.7 Å². The number of benzene rings is 1. The van der Waals surface area contributed by atoms with Crippen LogP contribution in [0, 0.1) is 0 Å². The van der Waals surface area contributed by atoms with Crippen molar-refractivity contribution in [3.8, 4) is 0 Å². The van der Waals surface area contributed by atoms with Crippen LogP contribution in [0.3, 0.4) is 0 Å². The van der Waals surface area contributed by atoms with Crippen LogP contribution in [0.5, 0.6) is 0 Å². The van der Waals surface area contributed by atoms with E-state index in [4.69, 9.17) is 0 Å². The number of hydrogen-bond donors (Lipinski definition) is 0. The van der Waals surface area contributed by atoms with Gasteiger partial charge < -0.3 is 14.7 Å². The van der Waals surface area contributed by atoms with Gasteiger partial charge in [0, 0.05) is 45.7 Å². The molecule has 0 unspecified atom stereocenters. The third-order valence-electron chi connectivity index (χ3n) is 4.41. The van der Waals surface area contributed by atoms with Crippen LogP contribution in [-0.4, -0.2) is 60.2 Å². The Bertz CT molecular complexity index is 604. The highest BCUT2D eigenvalue weighted by atomic mass is 16.2. The predicted molar refractivity (Wildman–Crippen MR) is 92.7 cm³/mol. The third kappa shape index (κ3) is 4.34. The van der Waals surface area contributed by atoms with Gasteiger partial charge in [-0.2, -0.15) is 0 Å². The van der Waals surface area contributed by atoms with Gasteiger partial charge in [0.25, 0.3) is 0 Å². The standard InChI is InChI=1S/C18H25N3O3/c1-4-16-5-7-17(8-6-16)21(15(3)23)13-18(24)20-11-9-19(10-12-20)14(2)22/h5-8H,4,9-13H2,1-3H3. The Labute approximate surface area is 143 Å². The maximum atomic E-state index is 12.5. The van der Waals surface area contributed by atoms with Gasteiger partial charge in [-0.05, 0) is 24.1 Å². The normalized spacial score (nSPS) is 14.5. The minimum atomic E-state index is -0.157. The zero-order chi connectivity index (χ0) is 17.7. The van der Waals surface area contributed by atoms with Crippen LogP contribution >= 0.6 is 0 Å². The van der Waals surface area contributed by atoms with Gasteiger partial charge in [0.15, 0.2) is 0 Å². The first kappa shape index (κ1) is 18.0. The van der Waals surface area contributed by atoms with Gasteiger partial charge in [-0.15, -0.1) is 0 Å². The smallest absolute Gasteiger partial charge is 0.242 e. The molecule has 0 radical (unpaired) electrons. The van der Waals surface area contributed by atoms with Crippen LogP contribution in [0.1, 0.15) is 26.3 Å². The zero-order valence-corrected chi connectivity index (χ0v) is 14.6. The number of anilines is 1. The Hall–Kier alpha value is -2.37. The second kappa shape index (κ2) is 7.95. The summed E-state index contributed by atoms with van der Waals surface area (Å²) in [4.78, 5) is 40.8. The molecule has 0 aliphatic carbocycles. The van der Waals surface area contributed by atoms with E-state index < -0.39 is 0 Å². The summed E-state index contributed by atoms with van der Waals surface area (Å²) in [7, 11) is 0. The molecule has 0 aromatic heterocycles. The quantitative estimate of drug-likeness (QED) is 0.835. The first-order valence-corrected chi connectivity index (χ1v) is 8.32.